The molecule has 0 bridgehead atoms. The normalized spacial score (nSPS) is 26.9. The van der Waals surface area contributed by atoms with Gasteiger partial charge in [-0.1, -0.05) is 13.3 Å². The van der Waals surface area contributed by atoms with E-state index < -0.39 is 5.60 Å². The summed E-state index contributed by atoms with van der Waals surface area (Å²) in [4.78, 5) is 13.7. The Balaban J connectivity index is 1.65. The van der Waals surface area contributed by atoms with Crippen LogP contribution in [0.25, 0.3) is 0 Å². The molecule has 2 aliphatic rings. The summed E-state index contributed by atoms with van der Waals surface area (Å²) < 4.78 is 0. The van der Waals surface area contributed by atoms with Gasteiger partial charge in [0.2, 0.25) is 5.91 Å². The molecule has 0 saturated carbocycles. The summed E-state index contributed by atoms with van der Waals surface area (Å²) in [5.74, 6) is 0.896. The minimum atomic E-state index is -0.584. The van der Waals surface area contributed by atoms with Crippen LogP contribution >= 0.6 is 0 Å². The molecule has 2 saturated heterocycles. The molecule has 2 rings (SSSR count). The Labute approximate surface area is 103 Å². The van der Waals surface area contributed by atoms with Gasteiger partial charge in [0, 0.05) is 6.42 Å². The zero-order chi connectivity index (χ0) is 12.3. The summed E-state index contributed by atoms with van der Waals surface area (Å²) in [6.45, 7) is 5.31. The number of aliphatic hydroxyl groups is 1. The number of nitrogens with one attached hydrogen (secondary N) is 1. The van der Waals surface area contributed by atoms with Crippen molar-refractivity contribution in [1.29, 1.82) is 0 Å². The van der Waals surface area contributed by atoms with Gasteiger partial charge in [0.15, 0.2) is 0 Å². The third-order valence-corrected chi connectivity index (χ3v) is 3.97. The molecule has 98 valence electrons. The number of carbonyl (C=O) groups is 1. The van der Waals surface area contributed by atoms with Gasteiger partial charge in [0.25, 0.3) is 0 Å². The average molecular weight is 240 g/mol. The van der Waals surface area contributed by atoms with Crippen LogP contribution < -0.4 is 5.32 Å². The topological polar surface area (TPSA) is 52.6 Å². The second-order valence-electron chi connectivity index (χ2n) is 5.62. The number of nitrogens with zero attached hydrogens (tertiary/aromatic N) is 1. The van der Waals surface area contributed by atoms with Crippen molar-refractivity contribution in [2.24, 2.45) is 5.92 Å². The maximum absolute atomic E-state index is 11.9. The molecule has 2 N–H and O–H groups in total. The molecule has 2 heterocycles. The third kappa shape index (κ3) is 3.19. The van der Waals surface area contributed by atoms with E-state index in [0.717, 1.165) is 32.4 Å². The van der Waals surface area contributed by atoms with Crippen molar-refractivity contribution in [2.75, 3.05) is 26.2 Å². The number of amides is 1. The van der Waals surface area contributed by atoms with Crippen LogP contribution in [0.4, 0.5) is 0 Å². The molecule has 2 fully saturated rings. The van der Waals surface area contributed by atoms with Crippen molar-refractivity contribution in [2.45, 2.75) is 44.6 Å². The molecule has 4 heteroatoms. The van der Waals surface area contributed by atoms with Crippen molar-refractivity contribution >= 4 is 5.91 Å². The van der Waals surface area contributed by atoms with Gasteiger partial charge in [-0.2, -0.15) is 0 Å². The first-order valence-corrected chi connectivity index (χ1v) is 6.84. The Kier molecular flexibility index (Phi) is 4.05. The number of likely N-dealkylation sites (tertiary alicyclic amines) is 1. The Hall–Kier alpha value is -0.610. The fraction of sp³-hybridized carbons (Fsp3) is 0.923. The zero-order valence-corrected chi connectivity index (χ0v) is 10.7. The van der Waals surface area contributed by atoms with E-state index in [-0.39, 0.29) is 5.91 Å². The van der Waals surface area contributed by atoms with Gasteiger partial charge in [-0.05, 0) is 38.3 Å². The van der Waals surface area contributed by atoms with Crippen LogP contribution in [0.1, 0.15) is 39.0 Å². The van der Waals surface area contributed by atoms with Crippen molar-refractivity contribution in [3.63, 3.8) is 0 Å². The smallest absolute Gasteiger partial charge is 0.222 e. The predicted octanol–water partition coefficient (Wildman–Crippen LogP) is 0.749. The zero-order valence-electron chi connectivity index (χ0n) is 10.7. The molecule has 0 aromatic heterocycles. The molecule has 1 atom stereocenters. The predicted molar refractivity (Wildman–Crippen MR) is 66.6 cm³/mol. The Morgan fingerprint density at radius 3 is 2.88 bits per heavy atom. The molecule has 1 unspecified atom stereocenters. The van der Waals surface area contributed by atoms with Crippen LogP contribution in [0.2, 0.25) is 0 Å². The number of hydrogen-bond donors (Lipinski definition) is 2. The van der Waals surface area contributed by atoms with E-state index in [2.05, 4.69) is 12.2 Å². The largest absolute Gasteiger partial charge is 0.386 e. The highest BCUT2D eigenvalue weighted by Gasteiger charge is 2.42. The lowest BCUT2D eigenvalue weighted by atomic mass is 9.88. The van der Waals surface area contributed by atoms with E-state index in [0.29, 0.717) is 25.4 Å². The number of rotatable bonds is 5. The van der Waals surface area contributed by atoms with E-state index in [9.17, 15) is 9.90 Å². The number of carbonyl (C=O) groups excluding carboxylic acids is 1. The van der Waals surface area contributed by atoms with Crippen LogP contribution in [-0.2, 0) is 4.79 Å². The molecule has 0 spiro atoms. The Morgan fingerprint density at radius 2 is 2.29 bits per heavy atom. The lowest BCUT2D eigenvalue weighted by Crippen LogP contribution is -2.63. The van der Waals surface area contributed by atoms with Crippen molar-refractivity contribution in [3.05, 3.63) is 0 Å². The van der Waals surface area contributed by atoms with Crippen molar-refractivity contribution in [1.82, 2.24) is 10.2 Å². The summed E-state index contributed by atoms with van der Waals surface area (Å²) in [5.41, 5.74) is -0.584. The van der Waals surface area contributed by atoms with Gasteiger partial charge in [-0.15, -0.1) is 0 Å². The fourth-order valence-corrected chi connectivity index (χ4v) is 2.91. The first-order chi connectivity index (χ1) is 8.13. The molecule has 4 nitrogen and oxygen atoms in total. The van der Waals surface area contributed by atoms with Crippen LogP contribution in [0.15, 0.2) is 0 Å². The second-order valence-corrected chi connectivity index (χ2v) is 5.62. The lowest BCUT2D eigenvalue weighted by Gasteiger charge is -2.46. The first-order valence-electron chi connectivity index (χ1n) is 6.84. The van der Waals surface area contributed by atoms with Crippen LogP contribution in [0.3, 0.4) is 0 Å². The summed E-state index contributed by atoms with van der Waals surface area (Å²) in [6.07, 6.45) is 4.63. The van der Waals surface area contributed by atoms with E-state index in [1.54, 1.807) is 4.90 Å². The van der Waals surface area contributed by atoms with Gasteiger partial charge < -0.3 is 15.3 Å². The highest BCUT2D eigenvalue weighted by atomic mass is 16.3. The molecule has 2 aliphatic heterocycles. The number of β-amino-alcohol motifs (C(OH)–C–C–N with tert-alkyl or cyclic N) is 1. The van der Waals surface area contributed by atoms with Crippen molar-refractivity contribution < 1.29 is 9.90 Å². The van der Waals surface area contributed by atoms with Crippen LogP contribution in [0, 0.1) is 5.92 Å². The maximum atomic E-state index is 11.9. The summed E-state index contributed by atoms with van der Waals surface area (Å²) in [5, 5.41) is 13.3. The third-order valence-electron chi connectivity index (χ3n) is 3.97. The Morgan fingerprint density at radius 1 is 1.53 bits per heavy atom. The molecule has 17 heavy (non-hydrogen) atoms. The maximum Gasteiger partial charge on any atom is 0.222 e. The van der Waals surface area contributed by atoms with Crippen LogP contribution in [-0.4, -0.2) is 47.7 Å². The highest BCUT2D eigenvalue weighted by molar-refractivity contribution is 5.77. The molecular formula is C13H24N2O2. The SMILES string of the molecule is CCCC1(O)CN(C(=O)CCC2CCNC2)C1. The highest BCUT2D eigenvalue weighted by Crippen LogP contribution is 2.27. The fourth-order valence-electron chi connectivity index (χ4n) is 2.91. The van der Waals surface area contributed by atoms with Crippen molar-refractivity contribution in [3.8, 4) is 0 Å². The van der Waals surface area contributed by atoms with E-state index in [4.69, 9.17) is 0 Å². The van der Waals surface area contributed by atoms with Gasteiger partial charge in [0.05, 0.1) is 18.7 Å². The van der Waals surface area contributed by atoms with Crippen LogP contribution in [0.5, 0.6) is 0 Å². The van der Waals surface area contributed by atoms with Gasteiger partial charge in [0.1, 0.15) is 0 Å². The minimum absolute atomic E-state index is 0.220. The van der Waals surface area contributed by atoms with Gasteiger partial charge >= 0.3 is 0 Å². The summed E-state index contributed by atoms with van der Waals surface area (Å²) >= 11 is 0. The summed E-state index contributed by atoms with van der Waals surface area (Å²) in [7, 11) is 0. The average Bonchev–Trinajstić information content (AvgIpc) is 2.75. The van der Waals surface area contributed by atoms with Gasteiger partial charge in [-0.25, -0.2) is 0 Å². The first kappa shape index (κ1) is 12.8. The monoisotopic (exact) mass is 240 g/mol. The van der Waals surface area contributed by atoms with Gasteiger partial charge in [-0.3, -0.25) is 4.79 Å². The number of hydrogen-bond acceptors (Lipinski definition) is 3. The molecule has 0 aromatic rings. The second kappa shape index (κ2) is 5.36. The van der Waals surface area contributed by atoms with E-state index >= 15 is 0 Å². The molecular weight excluding hydrogens is 216 g/mol. The minimum Gasteiger partial charge on any atom is -0.386 e. The standard InChI is InChI=1S/C13H24N2O2/c1-2-6-13(17)9-15(10-13)12(16)4-3-11-5-7-14-8-11/h11,14,17H,2-10H2,1H3. The molecule has 1 amide bonds. The molecule has 0 aromatic carbocycles. The lowest BCUT2D eigenvalue weighted by molar-refractivity contribution is -0.156. The summed E-state index contributed by atoms with van der Waals surface area (Å²) in [6, 6.07) is 0. The van der Waals surface area contributed by atoms with E-state index in [1.165, 1.54) is 6.42 Å². The quantitative estimate of drug-likeness (QED) is 0.745. The molecule has 0 radical (unpaired) electrons. The Bertz CT molecular complexity index is 269. The molecule has 0 aliphatic carbocycles. The van der Waals surface area contributed by atoms with E-state index in [1.807, 2.05) is 0 Å².